The van der Waals surface area contributed by atoms with Gasteiger partial charge in [-0.1, -0.05) is 13.8 Å². The Morgan fingerprint density at radius 2 is 1.82 bits per heavy atom. The highest BCUT2D eigenvalue weighted by atomic mass is 16.6. The zero-order valence-corrected chi connectivity index (χ0v) is 29.9. The number of rotatable bonds is 6. The van der Waals surface area contributed by atoms with Crippen LogP contribution in [0.4, 0.5) is 16.3 Å². The van der Waals surface area contributed by atoms with Gasteiger partial charge in [-0.25, -0.2) is 9.78 Å². The van der Waals surface area contributed by atoms with Gasteiger partial charge in [0.25, 0.3) is 11.1 Å². The number of carbonyl (C=O) groups excluding carboxylic acids is 2. The first kappa shape index (κ1) is 33.8. The van der Waals surface area contributed by atoms with Gasteiger partial charge in [-0.2, -0.15) is 5.10 Å². The van der Waals surface area contributed by atoms with E-state index in [0.29, 0.717) is 53.5 Å². The second-order valence-electron chi connectivity index (χ2n) is 15.1. The van der Waals surface area contributed by atoms with E-state index in [2.05, 4.69) is 29.2 Å². The quantitative estimate of drug-likeness (QED) is 0.249. The van der Waals surface area contributed by atoms with Gasteiger partial charge >= 0.3 is 12.1 Å². The number of ether oxygens (including phenoxy) is 2. The van der Waals surface area contributed by atoms with Gasteiger partial charge in [0.05, 0.1) is 18.8 Å². The number of amides is 1. The molecule has 0 spiro atoms. The van der Waals surface area contributed by atoms with Gasteiger partial charge < -0.3 is 28.7 Å². The van der Waals surface area contributed by atoms with Crippen molar-refractivity contribution in [3.8, 4) is 16.9 Å². The van der Waals surface area contributed by atoms with Crippen molar-refractivity contribution in [2.24, 2.45) is 12.5 Å². The number of fused-ring (bicyclic) bond motifs is 4. The summed E-state index contributed by atoms with van der Waals surface area (Å²) in [4.78, 5) is 58.3. The largest absolute Gasteiger partial charge is 0.461 e. The minimum Gasteiger partial charge on any atom is -0.461 e. The third-order valence-corrected chi connectivity index (χ3v) is 9.24. The molecular weight excluding hydrogens is 652 g/mol. The van der Waals surface area contributed by atoms with Crippen molar-refractivity contribution in [2.75, 3.05) is 11.9 Å². The molecule has 1 aliphatic heterocycles. The standard InChI is InChI=1S/C37H42N8O6/c1-22(46)50-21-27-26(8-9-38-32(27)44-12-11-43-29(34(44)48)15-23-17-37(5,6)18-30(23)43)24-14-28(33(47)41(7)19-24)39-31-16-25-20-42(10-13-45(25)40-31)35(49)51-36(2,3)4/h8-9,11-12,14-16,19H,10,13,17-18,20-21H2,1-7H3,(H,39,40). The minimum atomic E-state index is -0.607. The molecule has 5 aromatic rings. The Bertz CT molecular complexity index is 2340. The van der Waals surface area contributed by atoms with Gasteiger partial charge in [0.15, 0.2) is 5.82 Å². The van der Waals surface area contributed by atoms with Gasteiger partial charge in [-0.15, -0.1) is 0 Å². The van der Waals surface area contributed by atoms with Crippen LogP contribution in [-0.2, 0) is 53.9 Å². The molecule has 14 nitrogen and oxygen atoms in total. The first-order chi connectivity index (χ1) is 24.1. The summed E-state index contributed by atoms with van der Waals surface area (Å²) >= 11 is 0. The van der Waals surface area contributed by atoms with Crippen LogP contribution in [0.5, 0.6) is 0 Å². The minimum absolute atomic E-state index is 0.136. The van der Waals surface area contributed by atoms with E-state index in [1.165, 1.54) is 21.6 Å². The fourth-order valence-corrected chi connectivity index (χ4v) is 7.00. The molecule has 1 amide bonds. The highest BCUT2D eigenvalue weighted by Crippen LogP contribution is 2.37. The maximum Gasteiger partial charge on any atom is 0.410 e. The number of aryl methyl sites for hydroxylation is 1. The van der Waals surface area contributed by atoms with Crippen molar-refractivity contribution in [1.29, 1.82) is 0 Å². The summed E-state index contributed by atoms with van der Waals surface area (Å²) in [6.45, 7) is 12.3. The Morgan fingerprint density at radius 1 is 1.04 bits per heavy atom. The predicted molar refractivity (Wildman–Crippen MR) is 190 cm³/mol. The molecule has 0 radical (unpaired) electrons. The zero-order chi connectivity index (χ0) is 36.4. The van der Waals surface area contributed by atoms with E-state index in [1.807, 2.05) is 37.4 Å². The van der Waals surface area contributed by atoms with Crippen LogP contribution < -0.4 is 16.4 Å². The number of esters is 1. The maximum absolute atomic E-state index is 14.0. The van der Waals surface area contributed by atoms with Crippen LogP contribution in [0.25, 0.3) is 22.5 Å². The maximum atomic E-state index is 14.0. The molecule has 0 saturated carbocycles. The van der Waals surface area contributed by atoms with Crippen LogP contribution >= 0.6 is 0 Å². The SMILES string of the molecule is CC(=O)OCc1c(-c2cc(Nc3cc4n(n3)CCN(C(=O)OC(C)(C)C)C4)c(=O)n(C)c2)ccnc1-n1ccn2c3c(cc2c1=O)CC(C)(C)C3. The molecule has 0 bridgehead atoms. The van der Waals surface area contributed by atoms with Gasteiger partial charge in [0.2, 0.25) is 0 Å². The second-order valence-corrected chi connectivity index (χ2v) is 15.1. The van der Waals surface area contributed by atoms with Crippen LogP contribution in [-0.4, -0.2) is 57.4 Å². The van der Waals surface area contributed by atoms with E-state index in [9.17, 15) is 19.2 Å². The highest BCUT2D eigenvalue weighted by Gasteiger charge is 2.32. The van der Waals surface area contributed by atoms with Crippen molar-refractivity contribution >= 4 is 29.1 Å². The lowest BCUT2D eigenvalue weighted by Crippen LogP contribution is -2.41. The summed E-state index contributed by atoms with van der Waals surface area (Å²) in [6.07, 6.45) is 8.24. The molecule has 1 N–H and O–H groups in total. The number of hydrogen-bond acceptors (Lipinski definition) is 9. The van der Waals surface area contributed by atoms with Crippen molar-refractivity contribution in [3.63, 3.8) is 0 Å². The van der Waals surface area contributed by atoms with Gasteiger partial charge in [0, 0.05) is 68.2 Å². The topological polar surface area (TPSA) is 147 Å². The predicted octanol–water partition coefficient (Wildman–Crippen LogP) is 4.73. The smallest absolute Gasteiger partial charge is 0.410 e. The summed E-state index contributed by atoms with van der Waals surface area (Å²) in [5.41, 5.74) is 4.68. The number of carbonyl (C=O) groups is 2. The average Bonchev–Trinajstić information content (AvgIpc) is 3.70. The number of nitrogens with one attached hydrogen (secondary N) is 1. The molecule has 51 heavy (non-hydrogen) atoms. The summed E-state index contributed by atoms with van der Waals surface area (Å²) < 4.78 is 17.7. The van der Waals surface area contributed by atoms with Crippen molar-refractivity contribution in [1.82, 2.24) is 33.2 Å². The monoisotopic (exact) mass is 694 g/mol. The molecule has 0 aromatic carbocycles. The van der Waals surface area contributed by atoms with Crippen LogP contribution in [0.15, 0.2) is 58.6 Å². The molecule has 6 heterocycles. The molecule has 0 atom stereocenters. The van der Waals surface area contributed by atoms with Gasteiger partial charge in [-0.3, -0.25) is 23.6 Å². The molecule has 266 valence electrons. The molecule has 7 rings (SSSR count). The number of hydrogen-bond donors (Lipinski definition) is 1. The lowest BCUT2D eigenvalue weighted by molar-refractivity contribution is -0.142. The molecule has 5 aromatic heterocycles. The molecular formula is C37H42N8O6. The Hall–Kier alpha value is -5.66. The third kappa shape index (κ3) is 6.53. The fourth-order valence-electron chi connectivity index (χ4n) is 7.00. The Kier molecular flexibility index (Phi) is 8.15. The first-order valence-electron chi connectivity index (χ1n) is 17.0. The van der Waals surface area contributed by atoms with E-state index in [-0.39, 0.29) is 28.8 Å². The lowest BCUT2D eigenvalue weighted by Gasteiger charge is -2.30. The van der Waals surface area contributed by atoms with Crippen molar-refractivity contribution in [2.45, 2.75) is 79.7 Å². The number of nitrogens with zero attached hydrogens (tertiary/aromatic N) is 7. The van der Waals surface area contributed by atoms with Gasteiger partial charge in [-0.05, 0) is 68.4 Å². The third-order valence-electron chi connectivity index (χ3n) is 9.24. The number of pyridine rings is 2. The molecule has 0 saturated heterocycles. The summed E-state index contributed by atoms with van der Waals surface area (Å²) in [5, 5.41) is 7.81. The number of anilines is 2. The van der Waals surface area contributed by atoms with E-state index < -0.39 is 17.7 Å². The van der Waals surface area contributed by atoms with Crippen LogP contribution in [0.3, 0.4) is 0 Å². The van der Waals surface area contributed by atoms with Crippen LogP contribution in [0.1, 0.15) is 64.1 Å². The van der Waals surface area contributed by atoms with Crippen molar-refractivity contribution < 1.29 is 19.1 Å². The summed E-state index contributed by atoms with van der Waals surface area (Å²) in [7, 11) is 1.65. The molecule has 0 unspecified atom stereocenters. The molecule has 1 aliphatic carbocycles. The van der Waals surface area contributed by atoms with Crippen molar-refractivity contribution in [3.05, 3.63) is 92.3 Å². The van der Waals surface area contributed by atoms with E-state index >= 15 is 0 Å². The number of aromatic nitrogens is 6. The van der Waals surface area contributed by atoms with Crippen LogP contribution in [0.2, 0.25) is 0 Å². The van der Waals surface area contributed by atoms with E-state index in [0.717, 1.165) is 24.2 Å². The van der Waals surface area contributed by atoms with E-state index in [4.69, 9.17) is 9.47 Å². The van der Waals surface area contributed by atoms with Gasteiger partial charge in [0.1, 0.15) is 29.2 Å². The Labute approximate surface area is 294 Å². The Balaban J connectivity index is 1.24. The Morgan fingerprint density at radius 3 is 2.57 bits per heavy atom. The lowest BCUT2D eigenvalue weighted by atomic mass is 9.90. The molecule has 14 heteroatoms. The second kappa shape index (κ2) is 12.3. The van der Waals surface area contributed by atoms with Crippen LogP contribution in [0, 0.1) is 5.41 Å². The molecule has 2 aliphatic rings. The average molecular weight is 695 g/mol. The summed E-state index contributed by atoms with van der Waals surface area (Å²) in [6, 6.07) is 7.24. The normalized spacial score (nSPS) is 15.1. The highest BCUT2D eigenvalue weighted by molar-refractivity contribution is 5.74. The van der Waals surface area contributed by atoms with E-state index in [1.54, 1.807) is 53.4 Å². The summed E-state index contributed by atoms with van der Waals surface area (Å²) in [5.74, 6) is 0.284. The fraction of sp³-hybridized carbons (Fsp3) is 0.405. The first-order valence-corrected chi connectivity index (χ1v) is 17.0. The zero-order valence-electron chi connectivity index (χ0n) is 29.9. The molecule has 0 fully saturated rings.